The summed E-state index contributed by atoms with van der Waals surface area (Å²) in [7, 11) is 4.18. The fraction of sp³-hybridized carbons (Fsp3) is 0.333. The van der Waals surface area contributed by atoms with Gasteiger partial charge in [-0.25, -0.2) is 4.57 Å². The van der Waals surface area contributed by atoms with Crippen molar-refractivity contribution >= 4 is 11.8 Å². The van der Waals surface area contributed by atoms with Gasteiger partial charge in [0.05, 0.1) is 19.3 Å². The summed E-state index contributed by atoms with van der Waals surface area (Å²) < 4.78 is 2.08. The summed E-state index contributed by atoms with van der Waals surface area (Å²) in [5.74, 6) is 0.975. The summed E-state index contributed by atoms with van der Waals surface area (Å²) in [6.45, 7) is 6.61. The molecular weight excluding hydrogens is 258 g/mol. The zero-order valence-corrected chi connectivity index (χ0v) is 13.4. The highest BCUT2D eigenvalue weighted by molar-refractivity contribution is 5.74. The van der Waals surface area contributed by atoms with Crippen LogP contribution in [0.1, 0.15) is 30.8 Å². The van der Waals surface area contributed by atoms with Crippen molar-refractivity contribution in [1.29, 1.82) is 0 Å². The average molecular weight is 280 g/mol. The molecule has 0 amide bonds. The van der Waals surface area contributed by atoms with Crippen LogP contribution in [-0.4, -0.2) is 12.0 Å². The van der Waals surface area contributed by atoms with Crippen LogP contribution < -0.4 is 9.47 Å². The molecule has 0 fully saturated rings. The number of fused-ring (bicyclic) bond motifs is 1. The molecule has 3 rings (SSSR count). The zero-order chi connectivity index (χ0) is 15.2. The number of hydrogen-bond acceptors (Lipinski definition) is 2. The van der Waals surface area contributed by atoms with Crippen molar-refractivity contribution in [3.63, 3.8) is 0 Å². The Morgan fingerprint density at radius 1 is 1.24 bits per heavy atom. The molecule has 0 atom stereocenters. The highest BCUT2D eigenvalue weighted by Crippen LogP contribution is 2.46. The molecule has 21 heavy (non-hydrogen) atoms. The molecule has 0 N–H and O–H groups in total. The first-order valence-corrected chi connectivity index (χ1v) is 7.29. The van der Waals surface area contributed by atoms with E-state index in [0.29, 0.717) is 0 Å². The van der Waals surface area contributed by atoms with Crippen LogP contribution in [0.15, 0.2) is 42.4 Å². The Kier molecular flexibility index (Phi) is 3.08. The van der Waals surface area contributed by atoms with Gasteiger partial charge in [-0.2, -0.15) is 0 Å². The molecule has 0 spiro atoms. The normalized spacial score (nSPS) is 18.1. The van der Waals surface area contributed by atoms with Gasteiger partial charge in [0.25, 0.3) is 0 Å². The van der Waals surface area contributed by atoms with Crippen LogP contribution in [0.25, 0.3) is 6.08 Å². The molecule has 1 aromatic carbocycles. The van der Waals surface area contributed by atoms with Gasteiger partial charge in [-0.05, 0) is 23.5 Å². The van der Waals surface area contributed by atoms with Crippen LogP contribution in [0.3, 0.4) is 0 Å². The van der Waals surface area contributed by atoms with E-state index in [4.69, 9.17) is 0 Å². The molecule has 0 unspecified atom stereocenters. The smallest absolute Gasteiger partial charge is 0.324 e. The lowest BCUT2D eigenvalue weighted by Gasteiger charge is -2.23. The molecule has 2 aromatic rings. The maximum atomic E-state index is 4.56. The molecule has 2 heterocycles. The summed E-state index contributed by atoms with van der Waals surface area (Å²) in [5.41, 5.74) is 5.08. The van der Waals surface area contributed by atoms with Gasteiger partial charge in [0, 0.05) is 29.4 Å². The molecule has 3 heteroatoms. The largest absolute Gasteiger partial charge is 0.347 e. The second-order valence-corrected chi connectivity index (χ2v) is 6.33. The monoisotopic (exact) mass is 280 g/mol. The lowest BCUT2D eigenvalue weighted by atomic mass is 9.84. The number of likely N-dealkylation sites (N-methyl/N-ethyl adjacent to an activating group) is 1. The Hall–Kier alpha value is -2.16. The molecule has 0 saturated carbocycles. The van der Waals surface area contributed by atoms with E-state index in [1.807, 2.05) is 13.2 Å². The summed E-state index contributed by atoms with van der Waals surface area (Å²) in [6.07, 6.45) is 6.22. The van der Waals surface area contributed by atoms with Crippen LogP contribution in [-0.2, 0) is 12.5 Å². The van der Waals surface area contributed by atoms with Crippen LogP contribution in [0.2, 0.25) is 0 Å². The minimum Gasteiger partial charge on any atom is -0.347 e. The molecular formula is C18H22N3+. The second-order valence-electron chi connectivity index (χ2n) is 6.33. The van der Waals surface area contributed by atoms with Gasteiger partial charge in [0.1, 0.15) is 6.20 Å². The number of aromatic nitrogens is 2. The molecule has 0 radical (unpaired) electrons. The molecule has 0 saturated heterocycles. The van der Waals surface area contributed by atoms with Gasteiger partial charge in [-0.15, -0.1) is 0 Å². The maximum absolute atomic E-state index is 4.56. The fourth-order valence-corrected chi connectivity index (χ4v) is 3.18. The third-order valence-corrected chi connectivity index (χ3v) is 4.37. The Balaban J connectivity index is 2.13. The van der Waals surface area contributed by atoms with E-state index in [0.717, 1.165) is 5.82 Å². The Labute approximate surface area is 126 Å². The maximum Gasteiger partial charge on any atom is 0.324 e. The molecule has 1 aliphatic heterocycles. The van der Waals surface area contributed by atoms with Crippen molar-refractivity contribution in [1.82, 2.24) is 4.98 Å². The summed E-state index contributed by atoms with van der Waals surface area (Å²) in [6, 6.07) is 8.61. The van der Waals surface area contributed by atoms with Gasteiger partial charge in [-0.3, -0.25) is 0 Å². The third-order valence-electron chi connectivity index (χ3n) is 4.37. The van der Waals surface area contributed by atoms with E-state index >= 15 is 0 Å². The molecule has 0 aliphatic carbocycles. The summed E-state index contributed by atoms with van der Waals surface area (Å²) in [5, 5.41) is 0. The first kappa shape index (κ1) is 13.8. The van der Waals surface area contributed by atoms with Crippen molar-refractivity contribution in [3.05, 3.63) is 59.3 Å². The van der Waals surface area contributed by atoms with E-state index < -0.39 is 0 Å². The van der Waals surface area contributed by atoms with Crippen LogP contribution >= 0.6 is 0 Å². The molecule has 3 nitrogen and oxygen atoms in total. The Bertz CT molecular complexity index is 729. The topological polar surface area (TPSA) is 20.0 Å². The highest BCUT2D eigenvalue weighted by atomic mass is 15.2. The van der Waals surface area contributed by atoms with E-state index in [1.54, 1.807) is 0 Å². The molecule has 0 bridgehead atoms. The van der Waals surface area contributed by atoms with Crippen LogP contribution in [0.5, 0.6) is 0 Å². The predicted molar refractivity (Wildman–Crippen MR) is 86.0 cm³/mol. The zero-order valence-electron chi connectivity index (χ0n) is 13.4. The lowest BCUT2D eigenvalue weighted by Crippen LogP contribution is -2.34. The number of para-hydroxylation sites is 1. The molecule has 108 valence electrons. The quantitative estimate of drug-likeness (QED) is 0.748. The summed E-state index contributed by atoms with van der Waals surface area (Å²) in [4.78, 5) is 6.84. The molecule has 1 aliphatic rings. The minimum absolute atomic E-state index is 0.00902. The number of allylic oxidation sites excluding steroid dienone is 1. The number of hydrogen-bond donors (Lipinski definition) is 0. The SMILES string of the molecule is Cc1cnc(C=C2N(C)c3ccccc3C2(C)C)[n+](C)c1. The third kappa shape index (κ3) is 2.13. The van der Waals surface area contributed by atoms with Crippen LogP contribution in [0, 0.1) is 6.92 Å². The van der Waals surface area contributed by atoms with Crippen molar-refractivity contribution in [2.75, 3.05) is 11.9 Å². The van der Waals surface area contributed by atoms with Crippen molar-refractivity contribution in [2.24, 2.45) is 7.05 Å². The summed E-state index contributed by atoms with van der Waals surface area (Å²) >= 11 is 0. The average Bonchev–Trinajstić information content (AvgIpc) is 2.63. The van der Waals surface area contributed by atoms with Gasteiger partial charge < -0.3 is 4.90 Å². The van der Waals surface area contributed by atoms with Crippen molar-refractivity contribution in [2.45, 2.75) is 26.2 Å². The number of benzene rings is 1. The second kappa shape index (κ2) is 4.69. The Morgan fingerprint density at radius 2 is 1.95 bits per heavy atom. The van der Waals surface area contributed by atoms with E-state index in [-0.39, 0.29) is 5.41 Å². The molecule has 1 aromatic heterocycles. The fourth-order valence-electron chi connectivity index (χ4n) is 3.18. The van der Waals surface area contributed by atoms with Crippen molar-refractivity contribution < 1.29 is 4.57 Å². The van der Waals surface area contributed by atoms with Gasteiger partial charge in [0.15, 0.2) is 0 Å². The van der Waals surface area contributed by atoms with E-state index in [2.05, 4.69) is 78.8 Å². The van der Waals surface area contributed by atoms with Crippen molar-refractivity contribution in [3.8, 4) is 0 Å². The first-order valence-electron chi connectivity index (χ1n) is 7.29. The van der Waals surface area contributed by atoms with Gasteiger partial charge in [0.2, 0.25) is 0 Å². The number of rotatable bonds is 1. The number of anilines is 1. The lowest BCUT2D eigenvalue weighted by molar-refractivity contribution is -0.676. The standard InChI is InChI=1S/C18H22N3/c1-13-11-19-17(20(4)12-13)10-16-18(2,3)14-8-6-7-9-15(14)21(16)5/h6-12H,1-5H3/q+1. The Morgan fingerprint density at radius 3 is 2.62 bits per heavy atom. The number of nitrogens with zero attached hydrogens (tertiary/aromatic N) is 3. The van der Waals surface area contributed by atoms with Gasteiger partial charge in [-0.1, -0.05) is 32.0 Å². The first-order chi connectivity index (χ1) is 9.91. The van der Waals surface area contributed by atoms with E-state index in [1.165, 1.54) is 22.5 Å². The van der Waals surface area contributed by atoms with Crippen LogP contribution in [0.4, 0.5) is 5.69 Å². The minimum atomic E-state index is -0.00902. The van der Waals surface area contributed by atoms with Gasteiger partial charge >= 0.3 is 5.82 Å². The highest BCUT2D eigenvalue weighted by Gasteiger charge is 2.38. The van der Waals surface area contributed by atoms with E-state index in [9.17, 15) is 0 Å². The number of aryl methyl sites for hydroxylation is 2. The predicted octanol–water partition coefficient (Wildman–Crippen LogP) is 2.98.